The van der Waals surface area contributed by atoms with Gasteiger partial charge >= 0.3 is 0 Å². The van der Waals surface area contributed by atoms with Crippen LogP contribution in [0.25, 0.3) is 11.5 Å². The molecule has 0 fully saturated rings. The van der Waals surface area contributed by atoms with Crippen LogP contribution in [0.15, 0.2) is 48.8 Å². The Morgan fingerprint density at radius 2 is 2.04 bits per heavy atom. The lowest BCUT2D eigenvalue weighted by Gasteiger charge is -2.12. The minimum Gasteiger partial charge on any atom is -0.491 e. The number of hydrogen-bond acceptors (Lipinski definition) is 5. The van der Waals surface area contributed by atoms with Crippen molar-refractivity contribution in [1.82, 2.24) is 15.0 Å². The Labute approximate surface area is 143 Å². The summed E-state index contributed by atoms with van der Waals surface area (Å²) in [4.78, 5) is 12.9. The summed E-state index contributed by atoms with van der Waals surface area (Å²) in [5, 5.41) is 3.39. The van der Waals surface area contributed by atoms with E-state index in [4.69, 9.17) is 16.3 Å². The van der Waals surface area contributed by atoms with Crippen LogP contribution in [0.1, 0.15) is 5.56 Å². The van der Waals surface area contributed by atoms with Crippen LogP contribution in [0.2, 0.25) is 5.02 Å². The Morgan fingerprint density at radius 3 is 2.75 bits per heavy atom. The van der Waals surface area contributed by atoms with E-state index in [9.17, 15) is 4.39 Å². The number of benzene rings is 1. The van der Waals surface area contributed by atoms with Crippen LogP contribution < -0.4 is 10.1 Å². The number of anilines is 1. The molecule has 0 aliphatic carbocycles. The Kier molecular flexibility index (Phi) is 4.86. The van der Waals surface area contributed by atoms with Crippen molar-refractivity contribution in [2.75, 3.05) is 12.4 Å². The zero-order valence-electron chi connectivity index (χ0n) is 12.8. The molecule has 0 saturated heterocycles. The molecule has 24 heavy (non-hydrogen) atoms. The molecule has 0 saturated carbocycles. The minimum absolute atomic E-state index is 0.167. The highest BCUT2D eigenvalue weighted by Gasteiger charge is 2.12. The van der Waals surface area contributed by atoms with Gasteiger partial charge in [-0.15, -0.1) is 0 Å². The molecule has 0 unspecified atom stereocenters. The maximum absolute atomic E-state index is 13.9. The van der Waals surface area contributed by atoms with Crippen LogP contribution in [-0.4, -0.2) is 22.1 Å². The summed E-state index contributed by atoms with van der Waals surface area (Å²) in [7, 11) is 1.51. The summed E-state index contributed by atoms with van der Waals surface area (Å²) in [5.41, 5.74) is 0.992. The number of nitrogens with zero attached hydrogens (tertiary/aromatic N) is 3. The molecule has 0 aliphatic rings. The normalized spacial score (nSPS) is 10.5. The molecule has 3 aromatic rings. The van der Waals surface area contributed by atoms with Gasteiger partial charge in [-0.05, 0) is 24.3 Å². The molecule has 1 aromatic carbocycles. The van der Waals surface area contributed by atoms with Gasteiger partial charge in [0, 0.05) is 23.3 Å². The van der Waals surface area contributed by atoms with Gasteiger partial charge in [0.15, 0.2) is 17.4 Å². The van der Waals surface area contributed by atoms with Crippen LogP contribution in [0, 0.1) is 5.82 Å². The van der Waals surface area contributed by atoms with Gasteiger partial charge in [-0.25, -0.2) is 14.4 Å². The lowest BCUT2D eigenvalue weighted by atomic mass is 10.2. The SMILES string of the molecule is COc1cnc(-c2ccccn2)nc1NCc1c(F)cccc1Cl. The van der Waals surface area contributed by atoms with E-state index in [1.807, 2.05) is 12.1 Å². The molecular weight excluding hydrogens is 331 g/mol. The largest absolute Gasteiger partial charge is 0.491 e. The fourth-order valence-corrected chi connectivity index (χ4v) is 2.37. The second-order valence-corrected chi connectivity index (χ2v) is 5.29. The first-order valence-corrected chi connectivity index (χ1v) is 7.56. The maximum atomic E-state index is 13.9. The average molecular weight is 345 g/mol. The number of rotatable bonds is 5. The van der Waals surface area contributed by atoms with Crippen molar-refractivity contribution in [2.24, 2.45) is 0 Å². The molecule has 0 amide bonds. The summed E-state index contributed by atoms with van der Waals surface area (Å²) in [6.45, 7) is 0.167. The third-order valence-electron chi connectivity index (χ3n) is 3.36. The predicted molar refractivity (Wildman–Crippen MR) is 90.6 cm³/mol. The van der Waals surface area contributed by atoms with E-state index in [0.717, 1.165) is 0 Å². The molecule has 1 N–H and O–H groups in total. The molecule has 5 nitrogen and oxygen atoms in total. The number of pyridine rings is 1. The second kappa shape index (κ2) is 7.23. The first-order valence-electron chi connectivity index (χ1n) is 7.18. The fourth-order valence-electron chi connectivity index (χ4n) is 2.14. The highest BCUT2D eigenvalue weighted by Crippen LogP contribution is 2.26. The highest BCUT2D eigenvalue weighted by molar-refractivity contribution is 6.31. The number of ether oxygens (including phenoxy) is 1. The summed E-state index contributed by atoms with van der Waals surface area (Å²) >= 11 is 6.04. The van der Waals surface area contributed by atoms with Gasteiger partial charge in [-0.2, -0.15) is 0 Å². The van der Waals surface area contributed by atoms with Crippen LogP contribution in [0.4, 0.5) is 10.2 Å². The first-order chi connectivity index (χ1) is 11.7. The van der Waals surface area contributed by atoms with Crippen LogP contribution in [-0.2, 0) is 6.54 Å². The molecule has 0 atom stereocenters. The van der Waals surface area contributed by atoms with E-state index >= 15 is 0 Å². The molecule has 0 spiro atoms. The fraction of sp³-hybridized carbons (Fsp3) is 0.118. The molecule has 0 aliphatic heterocycles. The summed E-state index contributed by atoms with van der Waals surface area (Å²) in [6, 6.07) is 10.0. The molecule has 122 valence electrons. The van der Waals surface area contributed by atoms with E-state index in [-0.39, 0.29) is 12.4 Å². The van der Waals surface area contributed by atoms with E-state index in [1.165, 1.54) is 13.2 Å². The van der Waals surface area contributed by atoms with Crippen molar-refractivity contribution in [3.63, 3.8) is 0 Å². The summed E-state index contributed by atoms with van der Waals surface area (Å²) < 4.78 is 19.1. The topological polar surface area (TPSA) is 59.9 Å². The number of methoxy groups -OCH3 is 1. The van der Waals surface area contributed by atoms with Gasteiger partial charge in [0.1, 0.15) is 11.5 Å². The van der Waals surface area contributed by atoms with Crippen molar-refractivity contribution in [3.8, 4) is 17.3 Å². The smallest absolute Gasteiger partial charge is 0.180 e. The molecule has 0 bridgehead atoms. The number of nitrogens with one attached hydrogen (secondary N) is 1. The summed E-state index contributed by atoms with van der Waals surface area (Å²) in [5.74, 6) is 0.945. The highest BCUT2D eigenvalue weighted by atomic mass is 35.5. The zero-order valence-corrected chi connectivity index (χ0v) is 13.6. The standard InChI is InChI=1S/C17H14ClFN4O/c1-24-15-10-22-16(14-7-2-3-8-20-14)23-17(15)21-9-11-12(18)5-4-6-13(11)19/h2-8,10H,9H2,1H3,(H,21,22,23). The van der Waals surface area contributed by atoms with Gasteiger partial charge in [0.25, 0.3) is 0 Å². The third-order valence-corrected chi connectivity index (χ3v) is 3.72. The van der Waals surface area contributed by atoms with Crippen molar-refractivity contribution in [1.29, 1.82) is 0 Å². The van der Waals surface area contributed by atoms with Crippen molar-refractivity contribution < 1.29 is 9.13 Å². The average Bonchev–Trinajstić information content (AvgIpc) is 2.62. The van der Waals surface area contributed by atoms with E-state index < -0.39 is 0 Å². The Balaban J connectivity index is 1.89. The number of halogens is 2. The molecule has 2 heterocycles. The number of aromatic nitrogens is 3. The Hall–Kier alpha value is -2.73. The van der Waals surface area contributed by atoms with Crippen LogP contribution >= 0.6 is 11.6 Å². The van der Waals surface area contributed by atoms with Gasteiger partial charge < -0.3 is 10.1 Å². The zero-order chi connectivity index (χ0) is 16.9. The van der Waals surface area contributed by atoms with Gasteiger partial charge in [-0.3, -0.25) is 4.98 Å². The van der Waals surface area contributed by atoms with Crippen LogP contribution in [0.5, 0.6) is 5.75 Å². The molecule has 3 rings (SSSR count). The number of hydrogen-bond donors (Lipinski definition) is 1. The Morgan fingerprint density at radius 1 is 1.17 bits per heavy atom. The van der Waals surface area contributed by atoms with E-state index in [0.29, 0.717) is 33.7 Å². The first kappa shape index (κ1) is 16.1. The van der Waals surface area contributed by atoms with Gasteiger partial charge in [0.2, 0.25) is 0 Å². The second-order valence-electron chi connectivity index (χ2n) is 4.88. The maximum Gasteiger partial charge on any atom is 0.180 e. The summed E-state index contributed by atoms with van der Waals surface area (Å²) in [6.07, 6.45) is 3.21. The van der Waals surface area contributed by atoms with Gasteiger partial charge in [0.05, 0.1) is 13.3 Å². The molecule has 7 heteroatoms. The predicted octanol–water partition coefficient (Wildman–Crippen LogP) is 3.95. The quantitative estimate of drug-likeness (QED) is 0.759. The van der Waals surface area contributed by atoms with Gasteiger partial charge in [-0.1, -0.05) is 23.7 Å². The Bertz CT molecular complexity index is 825. The van der Waals surface area contributed by atoms with E-state index in [2.05, 4.69) is 20.3 Å². The molecule has 0 radical (unpaired) electrons. The minimum atomic E-state index is -0.382. The van der Waals surface area contributed by atoms with E-state index in [1.54, 1.807) is 30.6 Å². The lowest BCUT2D eigenvalue weighted by Crippen LogP contribution is -2.07. The van der Waals surface area contributed by atoms with Crippen molar-refractivity contribution >= 4 is 17.4 Å². The monoisotopic (exact) mass is 344 g/mol. The molecular formula is C17H14ClFN4O. The van der Waals surface area contributed by atoms with Crippen molar-refractivity contribution in [3.05, 3.63) is 65.2 Å². The lowest BCUT2D eigenvalue weighted by molar-refractivity contribution is 0.412. The van der Waals surface area contributed by atoms with Crippen molar-refractivity contribution in [2.45, 2.75) is 6.54 Å². The van der Waals surface area contributed by atoms with Crippen LogP contribution in [0.3, 0.4) is 0 Å². The third kappa shape index (κ3) is 3.44. The molecule has 2 aromatic heterocycles.